The summed E-state index contributed by atoms with van der Waals surface area (Å²) in [5.74, 6) is 0.812. The van der Waals surface area contributed by atoms with E-state index in [4.69, 9.17) is 4.74 Å². The van der Waals surface area contributed by atoms with Gasteiger partial charge in [0.15, 0.2) is 0 Å². The molecule has 0 N–H and O–H groups in total. The molecule has 1 aliphatic rings. The van der Waals surface area contributed by atoms with Crippen molar-refractivity contribution < 1.29 is 9.53 Å². The highest BCUT2D eigenvalue weighted by molar-refractivity contribution is 7.99. The van der Waals surface area contributed by atoms with Crippen molar-refractivity contribution in [1.82, 2.24) is 4.90 Å². The average molecular weight is 203 g/mol. The van der Waals surface area contributed by atoms with Gasteiger partial charge in [-0.25, -0.2) is 0 Å². The molecule has 3 nitrogen and oxygen atoms in total. The number of thioether (sulfide) groups is 1. The van der Waals surface area contributed by atoms with E-state index in [-0.39, 0.29) is 18.1 Å². The normalized spacial score (nSPS) is 29.0. The second-order valence-corrected chi connectivity index (χ2v) is 4.34. The number of nitrogens with zero attached hydrogens (tertiary/aromatic N) is 1. The van der Waals surface area contributed by atoms with Crippen molar-refractivity contribution in [2.45, 2.75) is 26.0 Å². The van der Waals surface area contributed by atoms with Gasteiger partial charge in [-0.05, 0) is 20.1 Å². The lowest BCUT2D eigenvalue weighted by molar-refractivity contribution is -0.140. The number of ether oxygens (including phenoxy) is 1. The molecule has 0 aromatic heterocycles. The van der Waals surface area contributed by atoms with Crippen molar-refractivity contribution >= 4 is 17.7 Å². The molecular formula is C9H17NO2S. The van der Waals surface area contributed by atoms with Crippen LogP contribution in [0.1, 0.15) is 13.8 Å². The first-order valence-electron chi connectivity index (χ1n) is 4.55. The summed E-state index contributed by atoms with van der Waals surface area (Å²) < 4.78 is 5.45. The molecule has 1 heterocycles. The van der Waals surface area contributed by atoms with Crippen LogP contribution in [-0.4, -0.2) is 48.1 Å². The Labute approximate surface area is 83.8 Å². The molecule has 0 saturated carbocycles. The second-order valence-electron chi connectivity index (χ2n) is 3.47. The molecule has 0 aliphatic carbocycles. The third kappa shape index (κ3) is 2.88. The average Bonchev–Trinajstić information content (AvgIpc) is 2.09. The summed E-state index contributed by atoms with van der Waals surface area (Å²) in [7, 11) is 0. The minimum atomic E-state index is 0.182. The van der Waals surface area contributed by atoms with Crippen LogP contribution >= 0.6 is 11.8 Å². The topological polar surface area (TPSA) is 29.5 Å². The van der Waals surface area contributed by atoms with E-state index in [1.54, 1.807) is 11.8 Å². The van der Waals surface area contributed by atoms with Crippen LogP contribution in [0.3, 0.4) is 0 Å². The molecule has 13 heavy (non-hydrogen) atoms. The molecule has 0 aromatic rings. The predicted octanol–water partition coefficient (Wildman–Crippen LogP) is 0.985. The Morgan fingerprint density at radius 3 is 2.92 bits per heavy atom. The van der Waals surface area contributed by atoms with Gasteiger partial charge in [-0.2, -0.15) is 11.8 Å². The molecule has 1 fully saturated rings. The Bertz CT molecular complexity index is 186. The molecule has 0 bridgehead atoms. The highest BCUT2D eigenvalue weighted by atomic mass is 32.2. The van der Waals surface area contributed by atoms with E-state index in [0.29, 0.717) is 12.4 Å². The smallest absolute Gasteiger partial charge is 0.232 e. The van der Waals surface area contributed by atoms with Gasteiger partial charge in [0.05, 0.1) is 24.5 Å². The monoisotopic (exact) mass is 203 g/mol. The van der Waals surface area contributed by atoms with Crippen molar-refractivity contribution in [2.75, 3.05) is 25.2 Å². The molecule has 0 radical (unpaired) electrons. The van der Waals surface area contributed by atoms with Gasteiger partial charge in [-0.1, -0.05) is 0 Å². The highest BCUT2D eigenvalue weighted by Crippen LogP contribution is 2.12. The zero-order valence-corrected chi connectivity index (χ0v) is 9.26. The summed E-state index contributed by atoms with van der Waals surface area (Å²) in [6, 6.07) is 0.232. The Kier molecular flexibility index (Phi) is 4.06. The van der Waals surface area contributed by atoms with E-state index in [1.807, 2.05) is 25.0 Å². The Balaban J connectivity index is 2.50. The fourth-order valence-corrected chi connectivity index (χ4v) is 1.87. The fraction of sp³-hybridized carbons (Fsp3) is 0.889. The first-order chi connectivity index (χ1) is 6.15. The van der Waals surface area contributed by atoms with Crippen LogP contribution < -0.4 is 0 Å². The molecule has 2 atom stereocenters. The lowest BCUT2D eigenvalue weighted by atomic mass is 10.2. The maximum absolute atomic E-state index is 11.6. The molecule has 1 rings (SSSR count). The number of amides is 1. The fourth-order valence-electron chi connectivity index (χ4n) is 1.46. The Morgan fingerprint density at radius 2 is 2.31 bits per heavy atom. The van der Waals surface area contributed by atoms with Crippen LogP contribution in [0.5, 0.6) is 0 Å². The van der Waals surface area contributed by atoms with E-state index in [0.717, 1.165) is 6.54 Å². The van der Waals surface area contributed by atoms with Crippen LogP contribution in [0.25, 0.3) is 0 Å². The number of carbonyl (C=O) groups is 1. The summed E-state index contributed by atoms with van der Waals surface area (Å²) in [4.78, 5) is 13.5. The standard InChI is InChI=1S/C9H17NO2S/c1-7-5-12-8(2)4-10(7)9(11)6-13-3/h7-8H,4-6H2,1-3H3. The van der Waals surface area contributed by atoms with Crippen molar-refractivity contribution in [3.05, 3.63) is 0 Å². The summed E-state index contributed by atoms with van der Waals surface area (Å²) >= 11 is 1.57. The van der Waals surface area contributed by atoms with Gasteiger partial charge >= 0.3 is 0 Å². The SMILES string of the molecule is CSCC(=O)N1CC(C)OCC1C. The van der Waals surface area contributed by atoms with Crippen LogP contribution in [-0.2, 0) is 9.53 Å². The van der Waals surface area contributed by atoms with E-state index in [1.165, 1.54) is 0 Å². The number of hydrogen-bond acceptors (Lipinski definition) is 3. The maximum Gasteiger partial charge on any atom is 0.232 e. The van der Waals surface area contributed by atoms with Gasteiger partial charge in [0.1, 0.15) is 0 Å². The van der Waals surface area contributed by atoms with Gasteiger partial charge in [-0.3, -0.25) is 4.79 Å². The lowest BCUT2D eigenvalue weighted by Gasteiger charge is -2.36. The third-order valence-corrected chi connectivity index (χ3v) is 2.73. The Hall–Kier alpha value is -0.220. The van der Waals surface area contributed by atoms with Gasteiger partial charge in [-0.15, -0.1) is 0 Å². The minimum absolute atomic E-state index is 0.182. The molecule has 1 saturated heterocycles. The van der Waals surface area contributed by atoms with E-state index in [2.05, 4.69) is 0 Å². The molecule has 1 aliphatic heterocycles. The lowest BCUT2D eigenvalue weighted by Crippen LogP contribution is -2.50. The van der Waals surface area contributed by atoms with E-state index >= 15 is 0 Å². The molecular weight excluding hydrogens is 186 g/mol. The summed E-state index contributed by atoms with van der Waals surface area (Å²) in [5, 5.41) is 0. The quantitative estimate of drug-likeness (QED) is 0.670. The van der Waals surface area contributed by atoms with E-state index in [9.17, 15) is 4.79 Å². The van der Waals surface area contributed by atoms with Crippen molar-refractivity contribution in [1.29, 1.82) is 0 Å². The molecule has 0 aromatic carbocycles. The van der Waals surface area contributed by atoms with Gasteiger partial charge in [0, 0.05) is 6.54 Å². The van der Waals surface area contributed by atoms with Gasteiger partial charge in [0.2, 0.25) is 5.91 Å². The molecule has 2 unspecified atom stereocenters. The predicted molar refractivity (Wildman–Crippen MR) is 55.0 cm³/mol. The van der Waals surface area contributed by atoms with Gasteiger partial charge in [0.25, 0.3) is 0 Å². The first-order valence-corrected chi connectivity index (χ1v) is 5.94. The number of carbonyl (C=O) groups excluding carboxylic acids is 1. The largest absolute Gasteiger partial charge is 0.375 e. The zero-order valence-electron chi connectivity index (χ0n) is 8.45. The summed E-state index contributed by atoms with van der Waals surface area (Å²) in [6.45, 7) is 5.44. The van der Waals surface area contributed by atoms with Gasteiger partial charge < -0.3 is 9.64 Å². The van der Waals surface area contributed by atoms with Crippen molar-refractivity contribution in [2.24, 2.45) is 0 Å². The summed E-state index contributed by atoms with van der Waals surface area (Å²) in [5.41, 5.74) is 0. The minimum Gasteiger partial charge on any atom is -0.375 e. The van der Waals surface area contributed by atoms with Crippen LogP contribution in [0.4, 0.5) is 0 Å². The molecule has 76 valence electrons. The molecule has 0 spiro atoms. The van der Waals surface area contributed by atoms with E-state index < -0.39 is 0 Å². The first kappa shape index (κ1) is 10.9. The Morgan fingerprint density at radius 1 is 1.62 bits per heavy atom. The van der Waals surface area contributed by atoms with Crippen LogP contribution in [0, 0.1) is 0 Å². The second kappa shape index (κ2) is 4.86. The molecule has 1 amide bonds. The van der Waals surface area contributed by atoms with Crippen molar-refractivity contribution in [3.63, 3.8) is 0 Å². The maximum atomic E-state index is 11.6. The third-order valence-electron chi connectivity index (χ3n) is 2.20. The molecule has 4 heteroatoms. The zero-order chi connectivity index (χ0) is 9.84. The number of hydrogen-bond donors (Lipinski definition) is 0. The number of rotatable bonds is 2. The van der Waals surface area contributed by atoms with Crippen molar-refractivity contribution in [3.8, 4) is 0 Å². The number of morpholine rings is 1. The van der Waals surface area contributed by atoms with Crippen LogP contribution in [0.2, 0.25) is 0 Å². The van der Waals surface area contributed by atoms with Crippen LogP contribution in [0.15, 0.2) is 0 Å². The summed E-state index contributed by atoms with van der Waals surface area (Å²) in [6.07, 6.45) is 2.13. The highest BCUT2D eigenvalue weighted by Gasteiger charge is 2.26.